The molecule has 0 aliphatic carbocycles. The number of aryl methyl sites for hydroxylation is 1. The summed E-state index contributed by atoms with van der Waals surface area (Å²) in [5.74, 6) is 0. The molecule has 6 nitrogen and oxygen atoms in total. The van der Waals surface area contributed by atoms with E-state index in [0.717, 1.165) is 29.1 Å². The van der Waals surface area contributed by atoms with Crippen LogP contribution in [-0.4, -0.2) is 23.2 Å². The molecule has 4 aromatic rings. The van der Waals surface area contributed by atoms with E-state index in [1.807, 2.05) is 56.5 Å². The van der Waals surface area contributed by atoms with Crippen molar-refractivity contribution in [3.05, 3.63) is 57.7 Å². The van der Waals surface area contributed by atoms with E-state index in [-0.39, 0.29) is 5.43 Å². The number of carbonyl (C=O) groups excluding carboxylic acids is 1. The Kier molecular flexibility index (Phi) is 5.87. The summed E-state index contributed by atoms with van der Waals surface area (Å²) in [5.41, 5.74) is 2.39. The van der Waals surface area contributed by atoms with Crippen LogP contribution in [0.4, 0.5) is 4.79 Å². The Morgan fingerprint density at radius 2 is 1.97 bits per heavy atom. The van der Waals surface area contributed by atoms with Crippen molar-refractivity contribution >= 4 is 39.4 Å². The molecule has 3 aromatic heterocycles. The van der Waals surface area contributed by atoms with E-state index in [9.17, 15) is 9.59 Å². The van der Waals surface area contributed by atoms with Crippen LogP contribution in [0.3, 0.4) is 0 Å². The van der Waals surface area contributed by atoms with E-state index >= 15 is 0 Å². The lowest BCUT2D eigenvalue weighted by Gasteiger charge is -2.19. The highest BCUT2D eigenvalue weighted by Gasteiger charge is 2.20. The summed E-state index contributed by atoms with van der Waals surface area (Å²) in [7, 11) is 0. The van der Waals surface area contributed by atoms with Crippen LogP contribution in [0.5, 0.6) is 0 Å². The molecule has 4 rings (SSSR count). The number of amides is 1. The van der Waals surface area contributed by atoms with Crippen LogP contribution in [0.2, 0.25) is 0 Å². The number of benzene rings is 1. The van der Waals surface area contributed by atoms with Crippen molar-refractivity contribution in [1.82, 2.24) is 10.3 Å². The number of hydrogen-bond donors (Lipinski definition) is 2. The summed E-state index contributed by atoms with van der Waals surface area (Å²) >= 11 is 1.58. The van der Waals surface area contributed by atoms with Crippen molar-refractivity contribution < 1.29 is 13.9 Å². The van der Waals surface area contributed by atoms with Gasteiger partial charge < -0.3 is 19.5 Å². The molecular weight excluding hydrogens is 412 g/mol. The van der Waals surface area contributed by atoms with Gasteiger partial charge in [-0.2, -0.15) is 0 Å². The Hall–Kier alpha value is -3.06. The molecule has 1 aromatic carbocycles. The molecule has 0 radical (unpaired) electrons. The zero-order chi connectivity index (χ0) is 22.0. The Labute approximate surface area is 184 Å². The maximum Gasteiger partial charge on any atom is 0.407 e. The number of nitrogens with one attached hydrogen (secondary N) is 2. The fourth-order valence-electron chi connectivity index (χ4n) is 3.56. The number of H-pyrrole nitrogens is 1. The summed E-state index contributed by atoms with van der Waals surface area (Å²) in [5, 5.41) is 5.96. The minimum atomic E-state index is -0.508. The molecule has 0 spiro atoms. The van der Waals surface area contributed by atoms with Crippen LogP contribution in [0.15, 0.2) is 51.0 Å². The van der Waals surface area contributed by atoms with Crippen LogP contribution in [0.25, 0.3) is 32.5 Å². The molecule has 0 saturated heterocycles. The SMILES string of the molecule is CC(C)(C)OC(=O)NCCCCc1[nH]c(-c2cccs2)c2c(=O)c3ccccc3oc12. The van der Waals surface area contributed by atoms with Gasteiger partial charge in [-0.05, 0) is 63.6 Å². The number of thiophene rings is 1. The number of aromatic nitrogens is 1. The summed E-state index contributed by atoms with van der Waals surface area (Å²) in [6.07, 6.45) is 1.91. The van der Waals surface area contributed by atoms with Crippen molar-refractivity contribution in [1.29, 1.82) is 0 Å². The van der Waals surface area contributed by atoms with Crippen molar-refractivity contribution in [2.45, 2.75) is 45.6 Å². The molecule has 2 N–H and O–H groups in total. The Morgan fingerprint density at radius 3 is 2.71 bits per heavy atom. The molecule has 0 bridgehead atoms. The standard InChI is InChI=1S/C24H26N2O4S/c1-24(2,3)30-23(28)25-13-7-6-10-16-22-19(20(26-16)18-12-8-14-31-18)21(27)15-9-4-5-11-17(15)29-22/h4-5,8-9,11-12,14,26H,6-7,10,13H2,1-3H3,(H,25,28). The van der Waals surface area contributed by atoms with E-state index in [0.29, 0.717) is 34.9 Å². The van der Waals surface area contributed by atoms with Gasteiger partial charge in [-0.3, -0.25) is 4.79 Å². The summed E-state index contributed by atoms with van der Waals surface area (Å²) in [6, 6.07) is 11.3. The third-order valence-electron chi connectivity index (χ3n) is 4.89. The highest BCUT2D eigenvalue weighted by atomic mass is 32.1. The van der Waals surface area contributed by atoms with E-state index in [2.05, 4.69) is 10.3 Å². The maximum atomic E-state index is 13.2. The van der Waals surface area contributed by atoms with Gasteiger partial charge in [0.2, 0.25) is 5.43 Å². The molecule has 0 aliphatic heterocycles. The molecule has 0 fully saturated rings. The molecule has 0 unspecified atom stereocenters. The molecule has 0 aliphatic rings. The summed E-state index contributed by atoms with van der Waals surface area (Å²) < 4.78 is 11.4. The highest BCUT2D eigenvalue weighted by molar-refractivity contribution is 7.13. The molecule has 162 valence electrons. The molecule has 7 heteroatoms. The van der Waals surface area contributed by atoms with E-state index < -0.39 is 11.7 Å². The zero-order valence-corrected chi connectivity index (χ0v) is 18.7. The monoisotopic (exact) mass is 438 g/mol. The second-order valence-electron chi connectivity index (χ2n) is 8.47. The minimum Gasteiger partial charge on any atom is -0.454 e. The van der Waals surface area contributed by atoms with Gasteiger partial charge in [0, 0.05) is 6.54 Å². The number of alkyl carbamates (subject to hydrolysis) is 1. The Balaban J connectivity index is 1.55. The van der Waals surface area contributed by atoms with Gasteiger partial charge in [-0.1, -0.05) is 18.2 Å². The molecule has 0 saturated carbocycles. The van der Waals surface area contributed by atoms with E-state index in [4.69, 9.17) is 9.15 Å². The first-order valence-corrected chi connectivity index (χ1v) is 11.3. The average molecular weight is 439 g/mol. The van der Waals surface area contributed by atoms with Crippen LogP contribution in [0, 0.1) is 0 Å². The summed E-state index contributed by atoms with van der Waals surface area (Å²) in [6.45, 7) is 6.04. The van der Waals surface area contributed by atoms with Gasteiger partial charge >= 0.3 is 6.09 Å². The third-order valence-corrected chi connectivity index (χ3v) is 5.77. The zero-order valence-electron chi connectivity index (χ0n) is 17.9. The second-order valence-corrected chi connectivity index (χ2v) is 9.42. The number of fused-ring (bicyclic) bond motifs is 2. The van der Waals surface area contributed by atoms with Crippen LogP contribution < -0.4 is 10.7 Å². The Bertz CT molecular complexity index is 1260. The second kappa shape index (κ2) is 8.59. The van der Waals surface area contributed by atoms with E-state index in [1.54, 1.807) is 17.4 Å². The maximum absolute atomic E-state index is 13.2. The quantitative estimate of drug-likeness (QED) is 0.370. The van der Waals surface area contributed by atoms with E-state index in [1.165, 1.54) is 0 Å². The number of aromatic amines is 1. The predicted octanol–water partition coefficient (Wildman–Crippen LogP) is 5.85. The first kappa shape index (κ1) is 21.2. The first-order valence-electron chi connectivity index (χ1n) is 10.4. The fourth-order valence-corrected chi connectivity index (χ4v) is 4.30. The minimum absolute atomic E-state index is 0.0191. The normalized spacial score (nSPS) is 11.8. The molecular formula is C24H26N2O4S. The molecule has 3 heterocycles. The van der Waals surface area contributed by atoms with Gasteiger partial charge in [0.05, 0.1) is 27.0 Å². The lowest BCUT2D eigenvalue weighted by Crippen LogP contribution is -2.33. The molecule has 1 amide bonds. The van der Waals surface area contributed by atoms with Gasteiger partial charge in [-0.15, -0.1) is 11.3 Å². The number of para-hydroxylation sites is 1. The molecule has 31 heavy (non-hydrogen) atoms. The lowest BCUT2D eigenvalue weighted by molar-refractivity contribution is 0.0527. The van der Waals surface area contributed by atoms with Crippen LogP contribution in [-0.2, 0) is 11.2 Å². The highest BCUT2D eigenvalue weighted by Crippen LogP contribution is 2.33. The van der Waals surface area contributed by atoms with Crippen LogP contribution in [0.1, 0.15) is 39.3 Å². The number of carbonyl (C=O) groups is 1. The van der Waals surface area contributed by atoms with Crippen molar-refractivity contribution in [3.63, 3.8) is 0 Å². The third kappa shape index (κ3) is 4.66. The van der Waals surface area contributed by atoms with Crippen molar-refractivity contribution in [3.8, 4) is 10.6 Å². The predicted molar refractivity (Wildman–Crippen MR) is 125 cm³/mol. The topological polar surface area (TPSA) is 84.3 Å². The van der Waals surface area contributed by atoms with Gasteiger partial charge in [0.25, 0.3) is 0 Å². The van der Waals surface area contributed by atoms with Gasteiger partial charge in [-0.25, -0.2) is 4.79 Å². The largest absolute Gasteiger partial charge is 0.454 e. The smallest absolute Gasteiger partial charge is 0.407 e. The van der Waals surface area contributed by atoms with Crippen molar-refractivity contribution in [2.24, 2.45) is 0 Å². The number of rotatable bonds is 6. The van der Waals surface area contributed by atoms with Gasteiger partial charge in [0.15, 0.2) is 5.58 Å². The number of hydrogen-bond acceptors (Lipinski definition) is 5. The van der Waals surface area contributed by atoms with Gasteiger partial charge in [0.1, 0.15) is 11.2 Å². The number of unbranched alkanes of at least 4 members (excludes halogenated alkanes) is 1. The van der Waals surface area contributed by atoms with Crippen LogP contribution >= 0.6 is 11.3 Å². The first-order chi connectivity index (χ1) is 14.8. The summed E-state index contributed by atoms with van der Waals surface area (Å²) in [4.78, 5) is 29.5. The van der Waals surface area contributed by atoms with Crippen molar-refractivity contribution in [2.75, 3.05) is 6.54 Å². The average Bonchev–Trinajstić information content (AvgIpc) is 3.35. The fraction of sp³-hybridized carbons (Fsp3) is 0.333. The Morgan fingerprint density at radius 1 is 1.16 bits per heavy atom. The number of ether oxygens (including phenoxy) is 1. The lowest BCUT2D eigenvalue weighted by atomic mass is 10.1. The molecule has 0 atom stereocenters.